The fourth-order valence-corrected chi connectivity index (χ4v) is 1.91. The van der Waals surface area contributed by atoms with Gasteiger partial charge in [0.15, 0.2) is 0 Å². The lowest BCUT2D eigenvalue weighted by Gasteiger charge is -2.09. The highest BCUT2D eigenvalue weighted by molar-refractivity contribution is 6.33. The van der Waals surface area contributed by atoms with Crippen molar-refractivity contribution in [2.75, 3.05) is 5.32 Å². The molecule has 2 aromatic carbocycles. The topological polar surface area (TPSA) is 55.2 Å². The Balaban J connectivity index is 2.35. The molecule has 0 bridgehead atoms. The van der Waals surface area contributed by atoms with E-state index in [-0.39, 0.29) is 11.4 Å². The average Bonchev–Trinajstić information content (AvgIpc) is 2.32. The molecule has 0 fully saturated rings. The minimum Gasteiger partial charge on any atom is -0.354 e. The summed E-state index contributed by atoms with van der Waals surface area (Å²) in [7, 11) is 0. The van der Waals surface area contributed by atoms with Gasteiger partial charge in [0.2, 0.25) is 0 Å². The minimum absolute atomic E-state index is 0.275. The quantitative estimate of drug-likeness (QED) is 0.668. The first-order valence-corrected chi connectivity index (χ1v) is 5.81. The molecule has 19 heavy (non-hydrogen) atoms. The number of rotatable bonds is 3. The van der Waals surface area contributed by atoms with E-state index in [2.05, 4.69) is 5.32 Å². The van der Waals surface area contributed by atoms with Crippen LogP contribution in [0.1, 0.15) is 5.56 Å². The largest absolute Gasteiger partial charge is 0.354 e. The number of aryl methyl sites for hydroxylation is 1. The number of nitro groups is 1. The number of nitrogens with one attached hydrogen (secondary N) is 1. The Morgan fingerprint density at radius 3 is 2.63 bits per heavy atom. The average molecular weight is 281 g/mol. The van der Waals surface area contributed by atoms with Gasteiger partial charge in [-0.05, 0) is 30.7 Å². The van der Waals surface area contributed by atoms with Gasteiger partial charge in [0.05, 0.1) is 21.7 Å². The van der Waals surface area contributed by atoms with Crippen LogP contribution in [0.3, 0.4) is 0 Å². The summed E-state index contributed by atoms with van der Waals surface area (Å²) >= 11 is 6.03. The number of halogens is 2. The summed E-state index contributed by atoms with van der Waals surface area (Å²) in [6, 6.07) is 8.60. The lowest BCUT2D eigenvalue weighted by molar-refractivity contribution is -0.385. The van der Waals surface area contributed by atoms with Gasteiger partial charge in [-0.1, -0.05) is 17.7 Å². The molecule has 0 saturated heterocycles. The van der Waals surface area contributed by atoms with Crippen molar-refractivity contribution in [1.29, 1.82) is 0 Å². The molecular formula is C13H10ClFN2O2. The van der Waals surface area contributed by atoms with Crippen molar-refractivity contribution >= 4 is 28.7 Å². The molecule has 0 saturated carbocycles. The maximum Gasteiger partial charge on any atom is 0.274 e. The Kier molecular flexibility index (Phi) is 3.66. The van der Waals surface area contributed by atoms with E-state index in [0.29, 0.717) is 10.7 Å². The van der Waals surface area contributed by atoms with Crippen molar-refractivity contribution in [3.8, 4) is 0 Å². The molecule has 0 aliphatic carbocycles. The monoisotopic (exact) mass is 280 g/mol. The fourth-order valence-electron chi connectivity index (χ4n) is 1.63. The molecule has 0 aromatic heterocycles. The van der Waals surface area contributed by atoms with E-state index in [4.69, 9.17) is 11.6 Å². The smallest absolute Gasteiger partial charge is 0.274 e. The van der Waals surface area contributed by atoms with Gasteiger partial charge in [0, 0.05) is 11.8 Å². The standard InChI is InChI=1S/C13H10ClFN2O2/c1-8-2-3-13(12(14)4-8)16-10-5-9(15)6-11(7-10)17(18)19/h2-7,16H,1H3. The second-order valence-electron chi connectivity index (χ2n) is 4.06. The molecule has 0 spiro atoms. The molecule has 0 heterocycles. The zero-order chi connectivity index (χ0) is 14.0. The second kappa shape index (κ2) is 5.24. The van der Waals surface area contributed by atoms with Crippen LogP contribution in [-0.2, 0) is 0 Å². The SMILES string of the molecule is Cc1ccc(Nc2cc(F)cc([N+](=O)[O-])c2)c(Cl)c1. The number of nitro benzene ring substituents is 1. The summed E-state index contributed by atoms with van der Waals surface area (Å²) in [5.41, 5.74) is 1.51. The minimum atomic E-state index is -0.681. The van der Waals surface area contributed by atoms with Crippen LogP contribution in [0.25, 0.3) is 0 Å². The molecule has 2 rings (SSSR count). The Morgan fingerprint density at radius 1 is 1.26 bits per heavy atom. The number of hydrogen-bond donors (Lipinski definition) is 1. The van der Waals surface area contributed by atoms with E-state index in [1.165, 1.54) is 12.1 Å². The molecule has 0 aliphatic rings. The Labute approximate surface area is 114 Å². The van der Waals surface area contributed by atoms with Crippen molar-refractivity contribution in [2.45, 2.75) is 6.92 Å². The Hall–Kier alpha value is -2.14. The zero-order valence-corrected chi connectivity index (χ0v) is 10.7. The van der Waals surface area contributed by atoms with Gasteiger partial charge < -0.3 is 5.32 Å². The van der Waals surface area contributed by atoms with Crippen molar-refractivity contribution in [1.82, 2.24) is 0 Å². The van der Waals surface area contributed by atoms with Crippen LogP contribution in [0.15, 0.2) is 36.4 Å². The van der Waals surface area contributed by atoms with Crippen LogP contribution in [0.2, 0.25) is 5.02 Å². The maximum absolute atomic E-state index is 13.3. The molecular weight excluding hydrogens is 271 g/mol. The van der Waals surface area contributed by atoms with Crippen molar-refractivity contribution in [2.24, 2.45) is 0 Å². The highest BCUT2D eigenvalue weighted by Crippen LogP contribution is 2.28. The first-order valence-electron chi connectivity index (χ1n) is 5.44. The van der Waals surface area contributed by atoms with Crippen LogP contribution >= 0.6 is 11.6 Å². The predicted octanol–water partition coefficient (Wildman–Crippen LogP) is 4.44. The van der Waals surface area contributed by atoms with E-state index in [1.807, 2.05) is 13.0 Å². The van der Waals surface area contributed by atoms with E-state index < -0.39 is 10.7 Å². The second-order valence-corrected chi connectivity index (χ2v) is 4.47. The van der Waals surface area contributed by atoms with E-state index in [9.17, 15) is 14.5 Å². The van der Waals surface area contributed by atoms with Crippen LogP contribution in [0.4, 0.5) is 21.5 Å². The number of hydrogen-bond acceptors (Lipinski definition) is 3. The van der Waals surface area contributed by atoms with Gasteiger partial charge in [-0.25, -0.2) is 4.39 Å². The number of nitrogens with zero attached hydrogens (tertiary/aromatic N) is 1. The van der Waals surface area contributed by atoms with Crippen LogP contribution in [0, 0.1) is 22.9 Å². The summed E-state index contributed by atoms with van der Waals surface area (Å²) < 4.78 is 13.3. The molecule has 98 valence electrons. The molecule has 0 unspecified atom stereocenters. The highest BCUT2D eigenvalue weighted by atomic mass is 35.5. The van der Waals surface area contributed by atoms with Crippen LogP contribution in [-0.4, -0.2) is 4.92 Å². The van der Waals surface area contributed by atoms with Crippen molar-refractivity contribution in [3.05, 3.63) is 62.9 Å². The van der Waals surface area contributed by atoms with E-state index >= 15 is 0 Å². The number of non-ortho nitro benzene ring substituents is 1. The lowest BCUT2D eigenvalue weighted by Crippen LogP contribution is -1.95. The molecule has 0 amide bonds. The molecule has 6 heteroatoms. The summed E-state index contributed by atoms with van der Waals surface area (Å²) in [5.74, 6) is -0.681. The third-order valence-corrected chi connectivity index (χ3v) is 2.81. The van der Waals surface area contributed by atoms with Crippen LogP contribution < -0.4 is 5.32 Å². The van der Waals surface area contributed by atoms with Gasteiger partial charge in [-0.3, -0.25) is 10.1 Å². The first-order chi connectivity index (χ1) is 8.95. The normalized spacial score (nSPS) is 10.3. The maximum atomic E-state index is 13.3. The third-order valence-electron chi connectivity index (χ3n) is 2.50. The Bertz CT molecular complexity index is 647. The van der Waals surface area contributed by atoms with E-state index in [1.54, 1.807) is 12.1 Å². The van der Waals surface area contributed by atoms with E-state index in [0.717, 1.165) is 11.6 Å². The predicted molar refractivity (Wildman–Crippen MR) is 72.5 cm³/mol. The summed E-state index contributed by atoms with van der Waals surface area (Å²) in [5, 5.41) is 14.0. The molecule has 2 aromatic rings. The van der Waals surface area contributed by atoms with Gasteiger partial charge in [-0.15, -0.1) is 0 Å². The van der Waals surface area contributed by atoms with Gasteiger partial charge in [-0.2, -0.15) is 0 Å². The van der Waals surface area contributed by atoms with Crippen molar-refractivity contribution in [3.63, 3.8) is 0 Å². The fraction of sp³-hybridized carbons (Fsp3) is 0.0769. The zero-order valence-electron chi connectivity index (χ0n) is 9.98. The van der Waals surface area contributed by atoms with Gasteiger partial charge in [0.1, 0.15) is 5.82 Å². The summed E-state index contributed by atoms with van der Waals surface area (Å²) in [6.07, 6.45) is 0. The Morgan fingerprint density at radius 2 is 2.00 bits per heavy atom. The van der Waals surface area contributed by atoms with Gasteiger partial charge in [0.25, 0.3) is 5.69 Å². The molecule has 1 N–H and O–H groups in total. The summed E-state index contributed by atoms with van der Waals surface area (Å²) in [6.45, 7) is 1.89. The number of benzene rings is 2. The third kappa shape index (κ3) is 3.20. The van der Waals surface area contributed by atoms with Crippen LogP contribution in [0.5, 0.6) is 0 Å². The molecule has 0 atom stereocenters. The molecule has 0 aliphatic heterocycles. The lowest BCUT2D eigenvalue weighted by atomic mass is 10.2. The van der Waals surface area contributed by atoms with Gasteiger partial charge >= 0.3 is 0 Å². The van der Waals surface area contributed by atoms with Crippen molar-refractivity contribution < 1.29 is 9.31 Å². The highest BCUT2D eigenvalue weighted by Gasteiger charge is 2.10. The molecule has 0 radical (unpaired) electrons. The first kappa shape index (κ1) is 13.3. The number of anilines is 2. The molecule has 4 nitrogen and oxygen atoms in total. The summed E-state index contributed by atoms with van der Waals surface area (Å²) in [4.78, 5) is 10.0.